The van der Waals surface area contributed by atoms with Crippen LogP contribution in [-0.4, -0.2) is 0 Å². The van der Waals surface area contributed by atoms with Crippen molar-refractivity contribution in [3.05, 3.63) is 174 Å². The maximum atomic E-state index is 9.52. The third-order valence-corrected chi connectivity index (χ3v) is 10.3. The first kappa shape index (κ1) is 31.8. The summed E-state index contributed by atoms with van der Waals surface area (Å²) in [6, 6.07) is 58.8. The summed E-state index contributed by atoms with van der Waals surface area (Å²) in [5.74, 6) is 0. The lowest BCUT2D eigenvalue weighted by atomic mass is 9.99. The second kappa shape index (κ2) is 13.4. The van der Waals surface area contributed by atoms with E-state index in [-0.39, 0.29) is 0 Å². The molecule has 5 nitrogen and oxygen atoms in total. The van der Waals surface area contributed by atoms with Crippen molar-refractivity contribution in [2.75, 3.05) is 4.90 Å². The molecule has 0 saturated heterocycles. The predicted octanol–water partition coefficient (Wildman–Crippen LogP) is 12.0. The third-order valence-electron chi connectivity index (χ3n) is 9.14. The highest BCUT2D eigenvalue weighted by atomic mass is 32.1. The third kappa shape index (κ3) is 6.00. The van der Waals surface area contributed by atoms with Crippen LogP contribution in [0.5, 0.6) is 0 Å². The van der Waals surface area contributed by atoms with Gasteiger partial charge in [0.05, 0.1) is 46.5 Å². The Morgan fingerprint density at radius 3 is 1.17 bits per heavy atom. The maximum absolute atomic E-state index is 9.52. The van der Waals surface area contributed by atoms with E-state index >= 15 is 0 Å². The molecule has 1 heterocycles. The van der Waals surface area contributed by atoms with Crippen molar-refractivity contribution in [2.45, 2.75) is 0 Å². The average Bonchev–Trinajstić information content (AvgIpc) is 3.59. The van der Waals surface area contributed by atoms with Crippen LogP contribution in [0.25, 0.3) is 53.6 Å². The minimum atomic E-state index is 0.438. The summed E-state index contributed by atoms with van der Waals surface area (Å²) >= 11 is 1.81. The summed E-state index contributed by atoms with van der Waals surface area (Å²) in [6.45, 7) is 0. The van der Waals surface area contributed by atoms with Crippen molar-refractivity contribution in [1.82, 2.24) is 0 Å². The van der Waals surface area contributed by atoms with E-state index in [2.05, 4.69) is 95.9 Å². The van der Waals surface area contributed by atoms with Crippen molar-refractivity contribution < 1.29 is 0 Å². The number of anilines is 3. The Kier molecular flexibility index (Phi) is 8.21. The standard InChI is InChI=1S/C46H25N5S/c47-26-30-19-31(27-48)22-38(21-30)35-7-14-41(15-8-35)51(42-16-9-36(10-17-42)39-23-32(28-49)20-33(24-39)29-50)40-12-5-34(6-13-40)37-11-18-46-44(25-37)43-3-1-2-4-45(43)52-46/h1-25H. The molecule has 0 aliphatic rings. The van der Waals surface area contributed by atoms with E-state index in [0.717, 1.165) is 50.4 Å². The molecule has 8 rings (SSSR count). The van der Waals surface area contributed by atoms with Crippen LogP contribution in [0.3, 0.4) is 0 Å². The zero-order chi connectivity index (χ0) is 35.6. The first-order valence-electron chi connectivity index (χ1n) is 16.5. The summed E-state index contributed by atoms with van der Waals surface area (Å²) in [4.78, 5) is 2.17. The van der Waals surface area contributed by atoms with E-state index < -0.39 is 0 Å². The van der Waals surface area contributed by atoms with Gasteiger partial charge in [0.1, 0.15) is 0 Å². The van der Waals surface area contributed by atoms with E-state index in [1.807, 2.05) is 59.9 Å². The number of nitrogens with zero attached hydrogens (tertiary/aromatic N) is 5. The van der Waals surface area contributed by atoms with Crippen LogP contribution >= 0.6 is 11.3 Å². The molecule has 0 N–H and O–H groups in total. The molecule has 0 aliphatic heterocycles. The molecule has 0 radical (unpaired) electrons. The molecule has 6 heteroatoms. The van der Waals surface area contributed by atoms with Crippen LogP contribution in [0.4, 0.5) is 17.1 Å². The van der Waals surface area contributed by atoms with Crippen molar-refractivity contribution >= 4 is 48.6 Å². The van der Waals surface area contributed by atoms with Gasteiger partial charge < -0.3 is 4.90 Å². The molecule has 7 aromatic carbocycles. The molecule has 0 atom stereocenters. The zero-order valence-electron chi connectivity index (χ0n) is 27.6. The van der Waals surface area contributed by atoms with Gasteiger partial charge in [-0.3, -0.25) is 0 Å². The maximum Gasteiger partial charge on any atom is 0.0992 e. The zero-order valence-corrected chi connectivity index (χ0v) is 28.4. The molecule has 1 aromatic heterocycles. The number of fused-ring (bicyclic) bond motifs is 3. The Labute approximate surface area is 305 Å². The highest BCUT2D eigenvalue weighted by molar-refractivity contribution is 7.25. The number of nitriles is 4. The normalized spacial score (nSPS) is 10.6. The largest absolute Gasteiger partial charge is 0.311 e. The Hall–Kier alpha value is -7.48. The van der Waals surface area contributed by atoms with Gasteiger partial charge in [0.2, 0.25) is 0 Å². The van der Waals surface area contributed by atoms with Crippen molar-refractivity contribution in [1.29, 1.82) is 21.0 Å². The van der Waals surface area contributed by atoms with Crippen molar-refractivity contribution in [3.63, 3.8) is 0 Å². The van der Waals surface area contributed by atoms with Crippen molar-refractivity contribution in [3.8, 4) is 57.7 Å². The molecule has 240 valence electrons. The molecule has 0 spiro atoms. The number of hydrogen-bond acceptors (Lipinski definition) is 6. The average molecular weight is 680 g/mol. The van der Waals surface area contributed by atoms with Gasteiger partial charge in [-0.25, -0.2) is 0 Å². The summed E-state index contributed by atoms with van der Waals surface area (Å²) < 4.78 is 2.55. The van der Waals surface area contributed by atoms with Gasteiger partial charge >= 0.3 is 0 Å². The lowest BCUT2D eigenvalue weighted by molar-refractivity contribution is 1.28. The molecule has 0 amide bonds. The van der Waals surface area contributed by atoms with E-state index in [1.165, 1.54) is 20.2 Å². The summed E-state index contributed by atoms with van der Waals surface area (Å²) in [5, 5.41) is 40.6. The van der Waals surface area contributed by atoms with Gasteiger partial charge in [-0.1, -0.05) is 60.7 Å². The number of hydrogen-bond donors (Lipinski definition) is 0. The molecule has 0 aliphatic carbocycles. The Morgan fingerprint density at radius 2 is 0.731 bits per heavy atom. The minimum absolute atomic E-state index is 0.438. The van der Waals surface area contributed by atoms with Gasteiger partial charge in [0.15, 0.2) is 0 Å². The topological polar surface area (TPSA) is 98.4 Å². The Balaban J connectivity index is 1.19. The molecular formula is C46H25N5S. The first-order valence-corrected chi connectivity index (χ1v) is 17.3. The van der Waals surface area contributed by atoms with Crippen LogP contribution in [0.2, 0.25) is 0 Å². The highest BCUT2D eigenvalue weighted by Crippen LogP contribution is 2.40. The molecule has 8 aromatic rings. The van der Waals surface area contributed by atoms with Crippen LogP contribution in [0, 0.1) is 45.3 Å². The van der Waals surface area contributed by atoms with Gasteiger partial charge in [-0.15, -0.1) is 11.3 Å². The van der Waals surface area contributed by atoms with Crippen LogP contribution in [0.15, 0.2) is 152 Å². The summed E-state index contributed by atoms with van der Waals surface area (Å²) in [7, 11) is 0. The van der Waals surface area contributed by atoms with Crippen LogP contribution in [0.1, 0.15) is 22.3 Å². The fourth-order valence-corrected chi connectivity index (χ4v) is 7.69. The lowest BCUT2D eigenvalue weighted by Crippen LogP contribution is -2.09. The van der Waals surface area contributed by atoms with E-state index in [0.29, 0.717) is 22.3 Å². The number of benzene rings is 7. The molecular weight excluding hydrogens is 655 g/mol. The van der Waals surface area contributed by atoms with Gasteiger partial charge in [-0.2, -0.15) is 21.0 Å². The Morgan fingerprint density at radius 1 is 0.346 bits per heavy atom. The first-order chi connectivity index (χ1) is 25.5. The fourth-order valence-electron chi connectivity index (χ4n) is 6.61. The van der Waals surface area contributed by atoms with Gasteiger partial charge in [0, 0.05) is 37.2 Å². The van der Waals surface area contributed by atoms with E-state index in [1.54, 1.807) is 36.4 Å². The number of thiophene rings is 1. The smallest absolute Gasteiger partial charge is 0.0992 e. The minimum Gasteiger partial charge on any atom is -0.311 e. The summed E-state index contributed by atoms with van der Waals surface area (Å²) in [5.41, 5.74) is 10.2. The van der Waals surface area contributed by atoms with Crippen LogP contribution < -0.4 is 4.90 Å². The van der Waals surface area contributed by atoms with E-state index in [4.69, 9.17) is 0 Å². The van der Waals surface area contributed by atoms with Crippen LogP contribution in [-0.2, 0) is 0 Å². The second-order valence-corrected chi connectivity index (χ2v) is 13.4. The van der Waals surface area contributed by atoms with Crippen molar-refractivity contribution in [2.24, 2.45) is 0 Å². The number of rotatable bonds is 6. The fraction of sp³-hybridized carbons (Fsp3) is 0. The molecule has 52 heavy (non-hydrogen) atoms. The quantitative estimate of drug-likeness (QED) is 0.174. The molecule has 0 fully saturated rings. The highest BCUT2D eigenvalue weighted by Gasteiger charge is 2.15. The van der Waals surface area contributed by atoms with Gasteiger partial charge in [0.25, 0.3) is 0 Å². The lowest BCUT2D eigenvalue weighted by Gasteiger charge is -2.26. The SMILES string of the molecule is N#Cc1cc(C#N)cc(-c2ccc(N(c3ccc(-c4cc(C#N)cc(C#N)c4)cc3)c3ccc(-c4ccc5sc6ccccc6c5c4)cc3)cc2)c1. The predicted molar refractivity (Wildman–Crippen MR) is 209 cm³/mol. The van der Waals surface area contributed by atoms with E-state index in [9.17, 15) is 21.0 Å². The second-order valence-electron chi connectivity index (χ2n) is 12.3. The molecule has 0 unspecified atom stereocenters. The Bertz CT molecular complexity index is 2640. The molecule has 0 bridgehead atoms. The molecule has 0 saturated carbocycles. The summed E-state index contributed by atoms with van der Waals surface area (Å²) in [6.07, 6.45) is 0. The monoisotopic (exact) mass is 679 g/mol. The van der Waals surface area contributed by atoms with Gasteiger partial charge in [-0.05, 0) is 124 Å².